The van der Waals surface area contributed by atoms with Gasteiger partial charge in [-0.3, -0.25) is 4.79 Å². The molecule has 2 heterocycles. The molecule has 122 valence electrons. The number of hydrogen-bond acceptors (Lipinski definition) is 5. The molecular formula is C12H21NO6S2. The number of carboxylic acid groups (broad SMARTS) is 1. The van der Waals surface area contributed by atoms with Crippen LogP contribution in [0.5, 0.6) is 0 Å². The normalized spacial score (nSPS) is 27.7. The molecule has 9 heteroatoms. The molecular weight excluding hydrogens is 318 g/mol. The van der Waals surface area contributed by atoms with E-state index in [9.17, 15) is 21.6 Å². The summed E-state index contributed by atoms with van der Waals surface area (Å²) in [6, 6.07) is 0. The van der Waals surface area contributed by atoms with E-state index in [2.05, 4.69) is 0 Å². The standard InChI is InChI=1S/C12H21NO6S2/c14-12(15)2-1-10-3-6-13(7-4-10)21(18,19)11-5-8-20(16,17)9-11/h10-11H,1-9H2,(H,14,15). The highest BCUT2D eigenvalue weighted by Gasteiger charge is 2.41. The van der Waals surface area contributed by atoms with Gasteiger partial charge >= 0.3 is 5.97 Å². The summed E-state index contributed by atoms with van der Waals surface area (Å²) in [7, 11) is -6.77. The lowest BCUT2D eigenvalue weighted by Gasteiger charge is -2.32. The summed E-state index contributed by atoms with van der Waals surface area (Å²) in [5.41, 5.74) is 0. The lowest BCUT2D eigenvalue weighted by atomic mass is 9.93. The van der Waals surface area contributed by atoms with Gasteiger partial charge in [0.2, 0.25) is 10.0 Å². The third kappa shape index (κ3) is 4.17. The van der Waals surface area contributed by atoms with Crippen LogP contribution in [0.4, 0.5) is 0 Å². The van der Waals surface area contributed by atoms with Gasteiger partial charge in [0.05, 0.1) is 16.8 Å². The van der Waals surface area contributed by atoms with Gasteiger partial charge in [0.15, 0.2) is 9.84 Å². The van der Waals surface area contributed by atoms with Gasteiger partial charge in [0, 0.05) is 19.5 Å². The molecule has 1 N–H and O–H groups in total. The Labute approximate surface area is 125 Å². The first-order chi connectivity index (χ1) is 9.71. The molecule has 1 atom stereocenters. The van der Waals surface area contributed by atoms with E-state index in [4.69, 9.17) is 5.11 Å². The highest BCUT2D eigenvalue weighted by atomic mass is 32.2. The molecule has 2 rings (SSSR count). The topological polar surface area (TPSA) is 109 Å². The Kier molecular flexibility index (Phi) is 4.94. The largest absolute Gasteiger partial charge is 0.481 e. The number of hydrogen-bond donors (Lipinski definition) is 1. The number of carboxylic acids is 1. The maximum atomic E-state index is 12.4. The van der Waals surface area contributed by atoms with E-state index < -0.39 is 31.1 Å². The maximum absolute atomic E-state index is 12.4. The van der Waals surface area contributed by atoms with Crippen molar-refractivity contribution in [2.75, 3.05) is 24.6 Å². The fourth-order valence-corrected chi connectivity index (χ4v) is 7.55. The van der Waals surface area contributed by atoms with Crippen molar-refractivity contribution in [3.63, 3.8) is 0 Å². The van der Waals surface area contributed by atoms with Gasteiger partial charge in [-0.15, -0.1) is 0 Å². The quantitative estimate of drug-likeness (QED) is 0.760. The molecule has 2 aliphatic rings. The van der Waals surface area contributed by atoms with Crippen molar-refractivity contribution in [3.8, 4) is 0 Å². The Bertz CT molecular complexity index is 589. The van der Waals surface area contributed by atoms with Crippen LogP contribution in [-0.2, 0) is 24.7 Å². The number of aliphatic carboxylic acids is 1. The second-order valence-electron chi connectivity index (χ2n) is 5.84. The minimum atomic E-state index is -3.55. The van der Waals surface area contributed by atoms with Crippen LogP contribution in [0, 0.1) is 5.92 Å². The number of nitrogens with zero attached hydrogens (tertiary/aromatic N) is 1. The monoisotopic (exact) mass is 339 g/mol. The van der Waals surface area contributed by atoms with E-state index in [1.807, 2.05) is 0 Å². The summed E-state index contributed by atoms with van der Waals surface area (Å²) in [4.78, 5) is 10.5. The minimum Gasteiger partial charge on any atom is -0.481 e. The second kappa shape index (κ2) is 6.21. The van der Waals surface area contributed by atoms with Crippen molar-refractivity contribution in [1.82, 2.24) is 4.31 Å². The summed E-state index contributed by atoms with van der Waals surface area (Å²) in [6.07, 6.45) is 2.15. The Balaban J connectivity index is 1.91. The summed E-state index contributed by atoms with van der Waals surface area (Å²) in [6.45, 7) is 0.729. The third-order valence-corrected chi connectivity index (χ3v) is 8.62. The number of sulfonamides is 1. The van der Waals surface area contributed by atoms with Crippen LogP contribution in [0.2, 0.25) is 0 Å². The van der Waals surface area contributed by atoms with Crippen molar-refractivity contribution < 1.29 is 26.7 Å². The Morgan fingerprint density at radius 1 is 1.19 bits per heavy atom. The average molecular weight is 339 g/mol. The molecule has 7 nitrogen and oxygen atoms in total. The molecule has 0 aromatic rings. The van der Waals surface area contributed by atoms with Gasteiger partial charge in [-0.1, -0.05) is 0 Å². The van der Waals surface area contributed by atoms with Crippen LogP contribution in [-0.4, -0.2) is 62.1 Å². The van der Waals surface area contributed by atoms with Crippen LogP contribution in [0.3, 0.4) is 0 Å². The van der Waals surface area contributed by atoms with Crippen LogP contribution in [0.15, 0.2) is 0 Å². The minimum absolute atomic E-state index is 0.0496. The fraction of sp³-hybridized carbons (Fsp3) is 0.917. The fourth-order valence-electron chi connectivity index (χ4n) is 2.99. The van der Waals surface area contributed by atoms with E-state index >= 15 is 0 Å². The van der Waals surface area contributed by atoms with Crippen LogP contribution >= 0.6 is 0 Å². The number of carbonyl (C=O) groups is 1. The second-order valence-corrected chi connectivity index (χ2v) is 10.3. The number of sulfone groups is 1. The number of rotatable bonds is 5. The SMILES string of the molecule is O=C(O)CCC1CCN(S(=O)(=O)C2CCS(=O)(=O)C2)CC1. The zero-order valence-corrected chi connectivity index (χ0v) is 13.4. The Morgan fingerprint density at radius 2 is 1.81 bits per heavy atom. The number of piperidine rings is 1. The molecule has 0 radical (unpaired) electrons. The van der Waals surface area contributed by atoms with Crippen LogP contribution < -0.4 is 0 Å². The van der Waals surface area contributed by atoms with E-state index in [1.165, 1.54) is 4.31 Å². The molecule has 0 aliphatic carbocycles. The molecule has 0 amide bonds. The maximum Gasteiger partial charge on any atom is 0.303 e. The molecule has 21 heavy (non-hydrogen) atoms. The lowest BCUT2D eigenvalue weighted by Crippen LogP contribution is -2.44. The Morgan fingerprint density at radius 3 is 2.29 bits per heavy atom. The first kappa shape index (κ1) is 16.7. The first-order valence-electron chi connectivity index (χ1n) is 7.12. The first-order valence-corrected chi connectivity index (χ1v) is 10.4. The summed E-state index contributed by atoms with van der Waals surface area (Å²) in [5.74, 6) is -0.915. The van der Waals surface area contributed by atoms with Crippen LogP contribution in [0.25, 0.3) is 0 Å². The molecule has 0 aromatic carbocycles. The third-order valence-electron chi connectivity index (χ3n) is 4.31. The van der Waals surface area contributed by atoms with E-state index in [0.717, 1.165) is 0 Å². The van der Waals surface area contributed by atoms with Crippen molar-refractivity contribution in [2.24, 2.45) is 5.92 Å². The average Bonchev–Trinajstić information content (AvgIpc) is 2.78. The van der Waals surface area contributed by atoms with Gasteiger partial charge < -0.3 is 5.11 Å². The zero-order chi connectivity index (χ0) is 15.7. The molecule has 0 saturated carbocycles. The highest BCUT2D eigenvalue weighted by Crippen LogP contribution is 2.28. The highest BCUT2D eigenvalue weighted by molar-refractivity contribution is 7.95. The molecule has 2 saturated heterocycles. The van der Waals surface area contributed by atoms with Gasteiger partial charge in [0.1, 0.15) is 0 Å². The molecule has 0 aromatic heterocycles. The van der Waals surface area contributed by atoms with E-state index in [1.54, 1.807) is 0 Å². The molecule has 0 spiro atoms. The van der Waals surface area contributed by atoms with Gasteiger partial charge in [0.25, 0.3) is 0 Å². The predicted molar refractivity (Wildman–Crippen MR) is 77.1 cm³/mol. The smallest absolute Gasteiger partial charge is 0.303 e. The van der Waals surface area contributed by atoms with Gasteiger partial charge in [-0.2, -0.15) is 0 Å². The van der Waals surface area contributed by atoms with E-state index in [-0.39, 0.29) is 30.3 Å². The zero-order valence-electron chi connectivity index (χ0n) is 11.8. The molecule has 0 bridgehead atoms. The summed E-state index contributed by atoms with van der Waals surface area (Å²) >= 11 is 0. The molecule has 2 fully saturated rings. The van der Waals surface area contributed by atoms with Gasteiger partial charge in [-0.25, -0.2) is 21.1 Å². The van der Waals surface area contributed by atoms with Crippen molar-refractivity contribution in [2.45, 2.75) is 37.4 Å². The summed E-state index contributed by atoms with van der Waals surface area (Å²) < 4.78 is 49.1. The summed E-state index contributed by atoms with van der Waals surface area (Å²) in [5, 5.41) is 7.85. The molecule has 2 aliphatic heterocycles. The van der Waals surface area contributed by atoms with E-state index in [0.29, 0.717) is 32.4 Å². The van der Waals surface area contributed by atoms with Crippen molar-refractivity contribution >= 4 is 25.8 Å². The molecule has 1 unspecified atom stereocenters. The Hall–Kier alpha value is -0.670. The van der Waals surface area contributed by atoms with Crippen LogP contribution in [0.1, 0.15) is 32.1 Å². The van der Waals surface area contributed by atoms with Crippen molar-refractivity contribution in [1.29, 1.82) is 0 Å². The lowest BCUT2D eigenvalue weighted by molar-refractivity contribution is -0.137. The van der Waals surface area contributed by atoms with Gasteiger partial charge in [-0.05, 0) is 31.6 Å². The van der Waals surface area contributed by atoms with Crippen molar-refractivity contribution in [3.05, 3.63) is 0 Å². The predicted octanol–water partition coefficient (Wildman–Crippen LogP) is 0.0801.